The minimum absolute atomic E-state index is 0.0963. The van der Waals surface area contributed by atoms with E-state index in [2.05, 4.69) is 182 Å². The molecule has 1 heterocycles. The van der Waals surface area contributed by atoms with E-state index in [9.17, 15) is 0 Å². The summed E-state index contributed by atoms with van der Waals surface area (Å²) in [4.78, 5) is 7.38. The van der Waals surface area contributed by atoms with Gasteiger partial charge in [-0.3, -0.25) is 0 Å². The van der Waals surface area contributed by atoms with Crippen molar-refractivity contribution in [3.63, 3.8) is 0 Å². The first-order valence-electron chi connectivity index (χ1n) is 14.5. The van der Waals surface area contributed by atoms with Crippen LogP contribution in [0.1, 0.15) is 52.7 Å². The van der Waals surface area contributed by atoms with Gasteiger partial charge in [-0.2, -0.15) is 0 Å². The number of hydrogen-bond donors (Lipinski definition) is 1. The van der Waals surface area contributed by atoms with Crippen molar-refractivity contribution >= 4 is 69.0 Å². The van der Waals surface area contributed by atoms with Gasteiger partial charge in [-0.15, -0.1) is 0 Å². The Bertz CT molecular complexity index is 1810. The monoisotopic (exact) mass is 680 g/mol. The minimum atomic E-state index is 0.0963. The molecule has 212 valence electrons. The molecule has 0 bridgehead atoms. The zero-order chi connectivity index (χ0) is 29.6. The largest absolute Gasteiger partial charge is 0.354 e. The molecule has 0 saturated heterocycles. The molecule has 0 amide bonds. The molecular formula is C38H37IN2S. The standard InChI is InChI=1S/C38H37IN2S/c1-37(2,3)25-17-21-27(22-18-25)41(28-23-19-26(20-24-28)38(4,5)6)34-16-10-14-32(36(34)42-39)31-13-9-12-30-29-11-7-8-15-33(29)40-35(30)31/h7-24,40H,1-6H3. The van der Waals surface area contributed by atoms with Crippen molar-refractivity contribution in [3.05, 3.63) is 120 Å². The first-order valence-corrected chi connectivity index (χ1v) is 17.8. The van der Waals surface area contributed by atoms with E-state index in [1.54, 1.807) is 8.93 Å². The van der Waals surface area contributed by atoms with E-state index in [0.29, 0.717) is 0 Å². The van der Waals surface area contributed by atoms with Crippen LogP contribution in [0.2, 0.25) is 0 Å². The number of nitrogens with one attached hydrogen (secondary N) is 1. The number of H-pyrrole nitrogens is 1. The highest BCUT2D eigenvalue weighted by Crippen LogP contribution is 2.48. The highest BCUT2D eigenvalue weighted by molar-refractivity contribution is 14.2. The number of benzene rings is 5. The van der Waals surface area contributed by atoms with Crippen LogP contribution in [0.25, 0.3) is 32.9 Å². The Morgan fingerprint density at radius 2 is 1.10 bits per heavy atom. The topological polar surface area (TPSA) is 19.0 Å². The summed E-state index contributed by atoms with van der Waals surface area (Å²) in [6.45, 7) is 13.6. The molecule has 0 spiro atoms. The van der Waals surface area contributed by atoms with Gasteiger partial charge in [0, 0.05) is 64.9 Å². The molecule has 5 aromatic carbocycles. The van der Waals surface area contributed by atoms with Gasteiger partial charge in [-0.05, 0) is 58.4 Å². The highest BCUT2D eigenvalue weighted by atomic mass is 127. The van der Waals surface area contributed by atoms with Crippen LogP contribution in [0.3, 0.4) is 0 Å². The fraction of sp³-hybridized carbons (Fsp3) is 0.211. The zero-order valence-corrected chi connectivity index (χ0v) is 28.1. The number of halogens is 1. The van der Waals surface area contributed by atoms with Crippen LogP contribution < -0.4 is 4.90 Å². The molecule has 0 aliphatic rings. The number of aromatic nitrogens is 1. The molecule has 0 aliphatic heterocycles. The second-order valence-electron chi connectivity index (χ2n) is 13.1. The number of aromatic amines is 1. The van der Waals surface area contributed by atoms with Gasteiger partial charge in [0.2, 0.25) is 0 Å². The number of anilines is 3. The van der Waals surface area contributed by atoms with E-state index in [4.69, 9.17) is 0 Å². The molecule has 1 N–H and O–H groups in total. The van der Waals surface area contributed by atoms with Gasteiger partial charge in [0.25, 0.3) is 0 Å². The number of para-hydroxylation sites is 2. The maximum absolute atomic E-state index is 3.72. The Morgan fingerprint density at radius 1 is 0.571 bits per heavy atom. The first kappa shape index (κ1) is 28.9. The van der Waals surface area contributed by atoms with Gasteiger partial charge >= 0.3 is 0 Å². The second-order valence-corrected chi connectivity index (χ2v) is 14.9. The summed E-state index contributed by atoms with van der Waals surface area (Å²) in [5.41, 5.74) is 11.1. The molecule has 6 aromatic rings. The van der Waals surface area contributed by atoms with Crippen LogP contribution in [0.15, 0.2) is 114 Å². The van der Waals surface area contributed by atoms with Gasteiger partial charge < -0.3 is 9.88 Å². The smallest absolute Gasteiger partial charge is 0.0611 e. The summed E-state index contributed by atoms with van der Waals surface area (Å²) in [7, 11) is 1.78. The van der Waals surface area contributed by atoms with Crippen LogP contribution in [-0.4, -0.2) is 4.98 Å². The predicted molar refractivity (Wildman–Crippen MR) is 193 cm³/mol. The summed E-state index contributed by atoms with van der Waals surface area (Å²) in [6.07, 6.45) is 0. The second kappa shape index (κ2) is 11.1. The van der Waals surface area contributed by atoms with Crippen molar-refractivity contribution in [2.24, 2.45) is 0 Å². The molecule has 0 unspecified atom stereocenters. The molecule has 0 aliphatic carbocycles. The molecule has 0 atom stereocenters. The lowest BCUT2D eigenvalue weighted by atomic mass is 9.86. The Balaban J connectivity index is 1.56. The van der Waals surface area contributed by atoms with Gasteiger partial charge in [0.05, 0.1) is 11.2 Å². The van der Waals surface area contributed by atoms with Crippen molar-refractivity contribution in [2.45, 2.75) is 57.3 Å². The third kappa shape index (κ3) is 5.35. The molecule has 1 aromatic heterocycles. The van der Waals surface area contributed by atoms with E-state index < -0.39 is 0 Å². The lowest BCUT2D eigenvalue weighted by molar-refractivity contribution is 0.590. The number of nitrogens with zero attached hydrogens (tertiary/aromatic N) is 1. The zero-order valence-electron chi connectivity index (χ0n) is 25.1. The predicted octanol–water partition coefficient (Wildman–Crippen LogP) is 12.5. The number of fused-ring (bicyclic) bond motifs is 3. The summed E-state index contributed by atoms with van der Waals surface area (Å²) >= 11 is 2.45. The average molecular weight is 681 g/mol. The normalized spacial score (nSPS) is 12.3. The SMILES string of the molecule is CC(C)(C)c1ccc(N(c2ccc(C(C)(C)C)cc2)c2cccc(-c3cccc4c3[nH]c3ccccc34)c2SI)cc1. The van der Waals surface area contributed by atoms with Crippen molar-refractivity contribution in [3.8, 4) is 11.1 Å². The Morgan fingerprint density at radius 3 is 1.67 bits per heavy atom. The molecular weight excluding hydrogens is 643 g/mol. The fourth-order valence-corrected chi connectivity index (χ4v) is 7.63. The third-order valence-electron chi connectivity index (χ3n) is 8.13. The van der Waals surface area contributed by atoms with Crippen LogP contribution in [0.5, 0.6) is 0 Å². The molecule has 4 heteroatoms. The summed E-state index contributed by atoms with van der Waals surface area (Å²) in [5, 5.41) is 2.51. The van der Waals surface area contributed by atoms with Crippen molar-refractivity contribution in [1.29, 1.82) is 0 Å². The van der Waals surface area contributed by atoms with Gasteiger partial charge in [-0.25, -0.2) is 0 Å². The van der Waals surface area contributed by atoms with Gasteiger partial charge in [0.1, 0.15) is 0 Å². The maximum Gasteiger partial charge on any atom is 0.0611 e. The minimum Gasteiger partial charge on any atom is -0.354 e. The Labute approximate surface area is 266 Å². The van der Waals surface area contributed by atoms with E-state index in [1.807, 2.05) is 0 Å². The quantitative estimate of drug-likeness (QED) is 0.183. The Kier molecular flexibility index (Phi) is 7.65. The summed E-state index contributed by atoms with van der Waals surface area (Å²) < 4.78 is 0. The fourth-order valence-electron chi connectivity index (χ4n) is 5.74. The van der Waals surface area contributed by atoms with E-state index in [1.165, 1.54) is 54.6 Å². The number of rotatable bonds is 5. The Hall–Kier alpha value is -3.22. The highest BCUT2D eigenvalue weighted by Gasteiger charge is 2.23. The summed E-state index contributed by atoms with van der Waals surface area (Å²) in [5.74, 6) is 0. The van der Waals surface area contributed by atoms with E-state index in [-0.39, 0.29) is 10.8 Å². The lowest BCUT2D eigenvalue weighted by Gasteiger charge is -2.30. The summed E-state index contributed by atoms with van der Waals surface area (Å²) in [6, 6.07) is 40.1. The molecule has 42 heavy (non-hydrogen) atoms. The average Bonchev–Trinajstić information content (AvgIpc) is 3.36. The van der Waals surface area contributed by atoms with Crippen LogP contribution in [-0.2, 0) is 10.8 Å². The van der Waals surface area contributed by atoms with E-state index in [0.717, 1.165) is 11.4 Å². The van der Waals surface area contributed by atoms with Crippen LogP contribution in [0, 0.1) is 0 Å². The van der Waals surface area contributed by atoms with Crippen molar-refractivity contribution in [1.82, 2.24) is 4.98 Å². The lowest BCUT2D eigenvalue weighted by Crippen LogP contribution is -2.15. The first-order chi connectivity index (χ1) is 20.1. The van der Waals surface area contributed by atoms with Crippen LogP contribution in [0.4, 0.5) is 17.1 Å². The number of hydrogen-bond acceptors (Lipinski definition) is 2. The molecule has 0 fully saturated rings. The third-order valence-corrected chi connectivity index (χ3v) is 10.0. The molecule has 2 nitrogen and oxygen atoms in total. The van der Waals surface area contributed by atoms with Crippen molar-refractivity contribution < 1.29 is 0 Å². The van der Waals surface area contributed by atoms with Gasteiger partial charge in [-0.1, -0.05) is 123 Å². The molecule has 6 rings (SSSR count). The van der Waals surface area contributed by atoms with E-state index >= 15 is 0 Å². The van der Waals surface area contributed by atoms with Crippen molar-refractivity contribution in [2.75, 3.05) is 4.90 Å². The molecule has 0 radical (unpaired) electrons. The molecule has 0 saturated carbocycles. The maximum atomic E-state index is 3.72. The van der Waals surface area contributed by atoms with Crippen LogP contribution >= 0.6 is 30.1 Å². The van der Waals surface area contributed by atoms with Gasteiger partial charge in [0.15, 0.2) is 0 Å².